The topological polar surface area (TPSA) is 63.7 Å². The van der Waals surface area contributed by atoms with Crippen molar-refractivity contribution < 1.29 is 14.3 Å². The number of carbonyl (C=O) groups excluding carboxylic acids is 1. The minimum absolute atomic E-state index is 0.0864. The van der Waals surface area contributed by atoms with Crippen LogP contribution in [0.4, 0.5) is 0 Å². The van der Waals surface area contributed by atoms with Crippen molar-refractivity contribution in [3.8, 4) is 11.6 Å². The largest absolute Gasteiger partial charge is 0.484 e. The zero-order valence-corrected chi connectivity index (χ0v) is 15.3. The van der Waals surface area contributed by atoms with Crippen LogP contribution in [0.5, 0.6) is 11.6 Å². The van der Waals surface area contributed by atoms with E-state index in [0.717, 1.165) is 25.2 Å². The van der Waals surface area contributed by atoms with Crippen molar-refractivity contribution in [1.29, 1.82) is 0 Å². The second-order valence-corrected chi connectivity index (χ2v) is 7.71. The number of nitrogens with one attached hydrogen (secondary N) is 1. The summed E-state index contributed by atoms with van der Waals surface area (Å²) in [6, 6.07) is 12.7. The summed E-state index contributed by atoms with van der Waals surface area (Å²) in [6.45, 7) is 5.19. The van der Waals surface area contributed by atoms with E-state index in [1.165, 1.54) is 5.56 Å². The van der Waals surface area contributed by atoms with Crippen molar-refractivity contribution in [2.75, 3.05) is 19.7 Å². The number of pyridine rings is 1. The number of likely N-dealkylation sites (tertiary alicyclic amines) is 1. The van der Waals surface area contributed by atoms with Crippen LogP contribution in [0.15, 0.2) is 42.6 Å². The fourth-order valence-electron chi connectivity index (χ4n) is 4.36. The Morgan fingerprint density at radius 1 is 1.22 bits per heavy atom. The first-order valence-electron chi connectivity index (χ1n) is 9.50. The second-order valence-electron chi connectivity index (χ2n) is 7.71. The molecule has 1 aromatic carbocycles. The van der Waals surface area contributed by atoms with Gasteiger partial charge in [0.1, 0.15) is 6.61 Å². The summed E-state index contributed by atoms with van der Waals surface area (Å²) in [5, 5.41) is 3.06. The molecule has 6 nitrogen and oxygen atoms in total. The van der Waals surface area contributed by atoms with Gasteiger partial charge in [-0.05, 0) is 35.1 Å². The minimum Gasteiger partial charge on any atom is -0.484 e. The molecule has 1 amide bonds. The molecular weight excluding hydrogens is 342 g/mol. The van der Waals surface area contributed by atoms with Crippen molar-refractivity contribution in [3.63, 3.8) is 0 Å². The predicted molar refractivity (Wildman–Crippen MR) is 99.4 cm³/mol. The highest BCUT2D eigenvalue weighted by Crippen LogP contribution is 2.45. The number of ether oxygens (including phenoxy) is 2. The summed E-state index contributed by atoms with van der Waals surface area (Å²) in [5.74, 6) is 2.61. The molecule has 3 heterocycles. The lowest BCUT2D eigenvalue weighted by molar-refractivity contribution is -0.119. The van der Waals surface area contributed by atoms with Crippen LogP contribution in [0.3, 0.4) is 0 Å². The maximum Gasteiger partial charge on any atom is 0.257 e. The van der Waals surface area contributed by atoms with Crippen LogP contribution in [0.1, 0.15) is 24.2 Å². The summed E-state index contributed by atoms with van der Waals surface area (Å²) in [7, 11) is 0. The Kier molecular flexibility index (Phi) is 4.01. The van der Waals surface area contributed by atoms with E-state index in [4.69, 9.17) is 9.47 Å². The number of amides is 1. The van der Waals surface area contributed by atoms with Gasteiger partial charge in [0.2, 0.25) is 5.91 Å². The highest BCUT2D eigenvalue weighted by molar-refractivity contribution is 5.73. The Hall–Kier alpha value is -2.60. The molecule has 1 saturated carbocycles. The SMILES string of the molecule is CC(=O)NC1[C@@H]2CN(Cc3ccc([C@H]4COc5cccnc5O4)cc3)C[C@@H]12. The normalized spacial score (nSPS) is 28.5. The van der Waals surface area contributed by atoms with Crippen LogP contribution in [0.2, 0.25) is 0 Å². The molecule has 140 valence electrons. The zero-order chi connectivity index (χ0) is 18.4. The second kappa shape index (κ2) is 6.53. The highest BCUT2D eigenvalue weighted by Gasteiger charge is 2.55. The van der Waals surface area contributed by atoms with E-state index in [9.17, 15) is 4.79 Å². The molecule has 1 N–H and O–H groups in total. The van der Waals surface area contributed by atoms with E-state index in [1.807, 2.05) is 12.1 Å². The average molecular weight is 365 g/mol. The van der Waals surface area contributed by atoms with E-state index in [1.54, 1.807) is 13.1 Å². The fraction of sp³-hybridized carbons (Fsp3) is 0.429. The number of hydrogen-bond acceptors (Lipinski definition) is 5. The Bertz CT molecular complexity index is 842. The standard InChI is InChI=1S/C21H23N3O3/c1-13(25)23-20-16-10-24(11-17(16)20)9-14-4-6-15(7-5-14)19-12-26-18-3-2-8-22-21(18)27-19/h2-8,16-17,19-20H,9-12H2,1H3,(H,23,25)/t16-,17-,19-/m1/s1. The van der Waals surface area contributed by atoms with Crippen LogP contribution in [-0.4, -0.2) is 41.5 Å². The first-order valence-corrected chi connectivity index (χ1v) is 9.50. The van der Waals surface area contributed by atoms with Gasteiger partial charge in [-0.2, -0.15) is 0 Å². The number of benzene rings is 1. The van der Waals surface area contributed by atoms with Crippen LogP contribution >= 0.6 is 0 Å². The van der Waals surface area contributed by atoms with E-state index >= 15 is 0 Å². The van der Waals surface area contributed by atoms with Crippen molar-refractivity contribution in [2.24, 2.45) is 11.8 Å². The van der Waals surface area contributed by atoms with Gasteiger partial charge in [0.05, 0.1) is 0 Å². The average Bonchev–Trinajstić information content (AvgIpc) is 3.11. The quantitative estimate of drug-likeness (QED) is 0.900. The number of fused-ring (bicyclic) bond motifs is 2. The lowest BCUT2D eigenvalue weighted by atomic mass is 10.1. The number of aromatic nitrogens is 1. The maximum atomic E-state index is 11.2. The molecular formula is C21H23N3O3. The van der Waals surface area contributed by atoms with Crippen molar-refractivity contribution in [2.45, 2.75) is 25.6 Å². The number of hydrogen-bond donors (Lipinski definition) is 1. The third kappa shape index (κ3) is 3.25. The zero-order valence-electron chi connectivity index (χ0n) is 15.3. The van der Waals surface area contributed by atoms with Gasteiger partial charge < -0.3 is 14.8 Å². The van der Waals surface area contributed by atoms with E-state index in [-0.39, 0.29) is 12.0 Å². The Balaban J connectivity index is 1.17. The molecule has 1 aliphatic carbocycles. The highest BCUT2D eigenvalue weighted by atomic mass is 16.6. The molecule has 2 aromatic rings. The van der Waals surface area contributed by atoms with Crippen LogP contribution in [0, 0.1) is 11.8 Å². The molecule has 27 heavy (non-hydrogen) atoms. The summed E-state index contributed by atoms with van der Waals surface area (Å²) in [4.78, 5) is 17.9. The molecule has 5 rings (SSSR count). The van der Waals surface area contributed by atoms with Gasteiger partial charge in [-0.15, -0.1) is 0 Å². The number of piperidine rings is 1. The van der Waals surface area contributed by atoms with E-state index in [2.05, 4.69) is 39.5 Å². The maximum absolute atomic E-state index is 11.2. The lowest BCUT2D eigenvalue weighted by Crippen LogP contribution is -2.33. The molecule has 2 aliphatic heterocycles. The van der Waals surface area contributed by atoms with Crippen molar-refractivity contribution in [1.82, 2.24) is 15.2 Å². The summed E-state index contributed by atoms with van der Waals surface area (Å²) < 4.78 is 11.7. The van der Waals surface area contributed by atoms with Gasteiger partial charge in [0, 0.05) is 38.8 Å². The fourth-order valence-corrected chi connectivity index (χ4v) is 4.36. The molecule has 3 aliphatic rings. The number of rotatable bonds is 4. The molecule has 1 aromatic heterocycles. The molecule has 6 heteroatoms. The van der Waals surface area contributed by atoms with Gasteiger partial charge >= 0.3 is 0 Å². The predicted octanol–water partition coefficient (Wildman–Crippen LogP) is 2.16. The molecule has 0 spiro atoms. The molecule has 2 fully saturated rings. The molecule has 1 saturated heterocycles. The summed E-state index contributed by atoms with van der Waals surface area (Å²) in [6.07, 6.45) is 1.59. The van der Waals surface area contributed by atoms with E-state index in [0.29, 0.717) is 36.1 Å². The van der Waals surface area contributed by atoms with Gasteiger partial charge in [-0.3, -0.25) is 9.69 Å². The number of nitrogens with zero attached hydrogens (tertiary/aromatic N) is 2. The summed E-state index contributed by atoms with van der Waals surface area (Å²) >= 11 is 0. The van der Waals surface area contributed by atoms with E-state index < -0.39 is 0 Å². The molecule has 0 radical (unpaired) electrons. The molecule has 0 bridgehead atoms. The molecule has 3 atom stereocenters. The number of carbonyl (C=O) groups is 1. The molecule has 0 unspecified atom stereocenters. The van der Waals surface area contributed by atoms with Crippen molar-refractivity contribution >= 4 is 5.91 Å². The van der Waals surface area contributed by atoms with Crippen LogP contribution in [0.25, 0.3) is 0 Å². The smallest absolute Gasteiger partial charge is 0.257 e. The van der Waals surface area contributed by atoms with Crippen molar-refractivity contribution in [3.05, 3.63) is 53.7 Å². The lowest BCUT2D eigenvalue weighted by Gasteiger charge is -2.26. The first-order chi connectivity index (χ1) is 13.2. The minimum atomic E-state index is -0.126. The van der Waals surface area contributed by atoms with Gasteiger partial charge in [-0.1, -0.05) is 24.3 Å². The third-order valence-corrected chi connectivity index (χ3v) is 5.78. The Labute approximate surface area is 158 Å². The van der Waals surface area contributed by atoms with Gasteiger partial charge in [0.15, 0.2) is 11.9 Å². The van der Waals surface area contributed by atoms with Gasteiger partial charge in [0.25, 0.3) is 5.88 Å². The van der Waals surface area contributed by atoms with Crippen LogP contribution in [-0.2, 0) is 11.3 Å². The van der Waals surface area contributed by atoms with Crippen LogP contribution < -0.4 is 14.8 Å². The first kappa shape index (κ1) is 16.6. The Morgan fingerprint density at radius 2 is 2.00 bits per heavy atom. The Morgan fingerprint density at radius 3 is 2.74 bits per heavy atom. The third-order valence-electron chi connectivity index (χ3n) is 5.78. The van der Waals surface area contributed by atoms with Gasteiger partial charge in [-0.25, -0.2) is 4.98 Å². The monoisotopic (exact) mass is 365 g/mol. The summed E-state index contributed by atoms with van der Waals surface area (Å²) in [5.41, 5.74) is 2.40.